The van der Waals surface area contributed by atoms with E-state index in [0.717, 1.165) is 58.0 Å². The third-order valence-corrected chi connectivity index (χ3v) is 6.50. The highest BCUT2D eigenvalue weighted by Gasteiger charge is 2.38. The van der Waals surface area contributed by atoms with Crippen molar-refractivity contribution in [1.82, 2.24) is 0 Å². The van der Waals surface area contributed by atoms with Crippen LogP contribution in [0.25, 0.3) is 10.4 Å². The van der Waals surface area contributed by atoms with Gasteiger partial charge in [0, 0.05) is 30.6 Å². The van der Waals surface area contributed by atoms with Crippen LogP contribution in [0.4, 0.5) is 18.9 Å². The van der Waals surface area contributed by atoms with Gasteiger partial charge in [-0.25, -0.2) is 0 Å². The van der Waals surface area contributed by atoms with Gasteiger partial charge in [-0.3, -0.25) is 0 Å². The number of hydrogen-bond acceptors (Lipinski definition) is 3. The zero-order valence-corrected chi connectivity index (χ0v) is 16.3. The molecule has 1 saturated carbocycles. The standard InChI is InChI=1S/C19H24ClF3N4O/c20-16-2-1-15(28-19(21,22)23)13-17(16)27-11-8-18(9-12-27)6-3-14(4-7-18)5-10-25-26-24/h1-2,13-14H,3-12H2. The van der Waals surface area contributed by atoms with Crippen molar-refractivity contribution in [1.29, 1.82) is 0 Å². The molecule has 1 aliphatic heterocycles. The Morgan fingerprint density at radius 2 is 1.89 bits per heavy atom. The van der Waals surface area contributed by atoms with Crippen molar-refractivity contribution < 1.29 is 17.9 Å². The van der Waals surface area contributed by atoms with Crippen molar-refractivity contribution >= 4 is 17.3 Å². The summed E-state index contributed by atoms with van der Waals surface area (Å²) < 4.78 is 41.5. The van der Waals surface area contributed by atoms with Crippen molar-refractivity contribution in [2.24, 2.45) is 16.4 Å². The molecule has 2 aliphatic rings. The molecule has 1 aromatic carbocycles. The number of azide groups is 1. The van der Waals surface area contributed by atoms with Crippen molar-refractivity contribution in [3.05, 3.63) is 33.7 Å². The molecule has 1 aliphatic carbocycles. The van der Waals surface area contributed by atoms with Crippen LogP contribution in [0.1, 0.15) is 44.9 Å². The molecule has 0 amide bonds. The first-order chi connectivity index (χ1) is 13.3. The number of piperidine rings is 1. The van der Waals surface area contributed by atoms with Gasteiger partial charge < -0.3 is 9.64 Å². The number of halogens is 4. The van der Waals surface area contributed by atoms with Gasteiger partial charge in [0.05, 0.1) is 10.7 Å². The second-order valence-electron chi connectivity index (χ2n) is 7.83. The molecule has 154 valence electrons. The van der Waals surface area contributed by atoms with Crippen LogP contribution in [0.15, 0.2) is 23.3 Å². The second kappa shape index (κ2) is 8.70. The Kier molecular flexibility index (Phi) is 6.50. The average Bonchev–Trinajstić information content (AvgIpc) is 2.65. The summed E-state index contributed by atoms with van der Waals surface area (Å²) in [5, 5.41) is 4.07. The van der Waals surface area contributed by atoms with Gasteiger partial charge in [-0.2, -0.15) is 0 Å². The van der Waals surface area contributed by atoms with Gasteiger partial charge in [0.15, 0.2) is 0 Å². The molecule has 5 nitrogen and oxygen atoms in total. The molecule has 1 spiro atoms. The topological polar surface area (TPSA) is 61.2 Å². The Labute approximate surface area is 167 Å². The molecule has 28 heavy (non-hydrogen) atoms. The zero-order chi connectivity index (χ0) is 20.2. The molecule has 2 fully saturated rings. The van der Waals surface area contributed by atoms with Gasteiger partial charge in [0.2, 0.25) is 0 Å². The van der Waals surface area contributed by atoms with Crippen LogP contribution in [0.2, 0.25) is 5.02 Å². The Balaban J connectivity index is 1.57. The second-order valence-corrected chi connectivity index (χ2v) is 8.24. The average molecular weight is 417 g/mol. The van der Waals surface area contributed by atoms with Crippen LogP contribution < -0.4 is 9.64 Å². The quantitative estimate of drug-likeness (QED) is 0.304. The number of nitrogens with zero attached hydrogens (tertiary/aromatic N) is 4. The molecule has 1 heterocycles. The normalized spacial score (nSPS) is 20.1. The van der Waals surface area contributed by atoms with E-state index in [2.05, 4.69) is 19.7 Å². The summed E-state index contributed by atoms with van der Waals surface area (Å²) in [6, 6.07) is 4.07. The maximum Gasteiger partial charge on any atom is 0.573 e. The van der Waals surface area contributed by atoms with Crippen LogP contribution >= 0.6 is 11.6 Å². The van der Waals surface area contributed by atoms with Gasteiger partial charge in [-0.1, -0.05) is 16.7 Å². The highest BCUT2D eigenvalue weighted by molar-refractivity contribution is 6.33. The van der Waals surface area contributed by atoms with E-state index in [9.17, 15) is 13.2 Å². The summed E-state index contributed by atoms with van der Waals surface area (Å²) in [6.07, 6.45) is 2.88. The minimum absolute atomic E-state index is 0.243. The van der Waals surface area contributed by atoms with Crippen LogP contribution in [0.5, 0.6) is 5.75 Å². The lowest BCUT2D eigenvalue weighted by Gasteiger charge is -2.46. The van der Waals surface area contributed by atoms with E-state index in [1.54, 1.807) is 0 Å². The molecule has 0 unspecified atom stereocenters. The predicted octanol–water partition coefficient (Wildman–Crippen LogP) is 6.72. The van der Waals surface area contributed by atoms with Gasteiger partial charge in [0.25, 0.3) is 0 Å². The fourth-order valence-electron chi connectivity index (χ4n) is 4.52. The maximum atomic E-state index is 12.5. The highest BCUT2D eigenvalue weighted by atomic mass is 35.5. The number of ether oxygens (including phenoxy) is 1. The maximum absolute atomic E-state index is 12.5. The van der Waals surface area contributed by atoms with Crippen LogP contribution in [-0.4, -0.2) is 26.0 Å². The highest BCUT2D eigenvalue weighted by Crippen LogP contribution is 2.48. The fraction of sp³-hybridized carbons (Fsp3) is 0.684. The van der Waals surface area contributed by atoms with Crippen molar-refractivity contribution in [2.75, 3.05) is 24.5 Å². The van der Waals surface area contributed by atoms with Crippen molar-refractivity contribution in [3.8, 4) is 5.75 Å². The summed E-state index contributed by atoms with van der Waals surface area (Å²) in [5.74, 6) is 0.382. The smallest absolute Gasteiger partial charge is 0.406 e. The molecule has 9 heteroatoms. The van der Waals surface area contributed by atoms with Crippen LogP contribution in [-0.2, 0) is 0 Å². The first-order valence-corrected chi connectivity index (χ1v) is 9.99. The largest absolute Gasteiger partial charge is 0.573 e. The van der Waals surface area contributed by atoms with E-state index >= 15 is 0 Å². The van der Waals surface area contributed by atoms with E-state index < -0.39 is 6.36 Å². The molecule has 0 radical (unpaired) electrons. The monoisotopic (exact) mass is 416 g/mol. The Hall–Kier alpha value is -1.79. The zero-order valence-electron chi connectivity index (χ0n) is 15.6. The fourth-order valence-corrected chi connectivity index (χ4v) is 4.75. The molecule has 0 atom stereocenters. The summed E-state index contributed by atoms with van der Waals surface area (Å²) in [6.45, 7) is 2.12. The molecule has 0 N–H and O–H groups in total. The number of benzene rings is 1. The molecule has 0 aromatic heterocycles. The van der Waals surface area contributed by atoms with Gasteiger partial charge in [0.1, 0.15) is 5.75 Å². The predicted molar refractivity (Wildman–Crippen MR) is 103 cm³/mol. The summed E-state index contributed by atoms with van der Waals surface area (Å²) in [4.78, 5) is 4.87. The Morgan fingerprint density at radius 3 is 2.50 bits per heavy atom. The van der Waals surface area contributed by atoms with Gasteiger partial charge >= 0.3 is 6.36 Å². The minimum atomic E-state index is -4.71. The van der Waals surface area contributed by atoms with Gasteiger partial charge in [-0.05, 0) is 73.9 Å². The van der Waals surface area contributed by atoms with E-state index in [-0.39, 0.29) is 5.75 Å². The lowest BCUT2D eigenvalue weighted by atomic mass is 9.65. The van der Waals surface area contributed by atoms with Crippen LogP contribution in [0.3, 0.4) is 0 Å². The molecule has 3 rings (SSSR count). The third-order valence-electron chi connectivity index (χ3n) is 6.18. The van der Waals surface area contributed by atoms with Gasteiger partial charge in [-0.15, -0.1) is 13.2 Å². The molecule has 1 saturated heterocycles. The lowest BCUT2D eigenvalue weighted by Crippen LogP contribution is -2.42. The lowest BCUT2D eigenvalue weighted by molar-refractivity contribution is -0.274. The number of alkyl halides is 3. The van der Waals surface area contributed by atoms with E-state index in [1.807, 2.05) is 0 Å². The number of anilines is 1. The third kappa shape index (κ3) is 5.39. The van der Waals surface area contributed by atoms with Crippen LogP contribution in [0, 0.1) is 11.3 Å². The first-order valence-electron chi connectivity index (χ1n) is 9.61. The van der Waals surface area contributed by atoms with Crippen molar-refractivity contribution in [2.45, 2.75) is 51.3 Å². The molecular formula is C19H24ClF3N4O. The molecular weight excluding hydrogens is 393 g/mol. The van der Waals surface area contributed by atoms with Crippen molar-refractivity contribution in [3.63, 3.8) is 0 Å². The number of rotatable bonds is 5. The van der Waals surface area contributed by atoms with E-state index in [1.165, 1.54) is 18.2 Å². The first kappa shape index (κ1) is 20.9. The Bertz CT molecular complexity index is 718. The SMILES string of the molecule is [N-]=[N+]=NCCC1CCC2(CC1)CCN(c1cc(OC(F)(F)F)ccc1Cl)CC2. The molecule has 1 aromatic rings. The minimum Gasteiger partial charge on any atom is -0.406 e. The van der Waals surface area contributed by atoms with E-state index in [0.29, 0.717) is 28.6 Å². The summed E-state index contributed by atoms with van der Waals surface area (Å²) in [5.41, 5.74) is 9.30. The summed E-state index contributed by atoms with van der Waals surface area (Å²) >= 11 is 6.24. The van der Waals surface area contributed by atoms with E-state index in [4.69, 9.17) is 17.1 Å². The summed E-state index contributed by atoms with van der Waals surface area (Å²) in [7, 11) is 0. The Morgan fingerprint density at radius 1 is 1.21 bits per heavy atom. The number of hydrogen-bond donors (Lipinski definition) is 0. The molecule has 0 bridgehead atoms.